The van der Waals surface area contributed by atoms with Gasteiger partial charge in [-0.1, -0.05) is 19.0 Å². The summed E-state index contributed by atoms with van der Waals surface area (Å²) in [6.45, 7) is 3.89. The Bertz CT molecular complexity index is 722. The van der Waals surface area contributed by atoms with Crippen LogP contribution < -0.4 is 11.1 Å². The Labute approximate surface area is 139 Å². The van der Waals surface area contributed by atoms with E-state index in [1.807, 2.05) is 13.8 Å². The molecule has 1 aliphatic carbocycles. The minimum absolute atomic E-state index is 0.0396. The Morgan fingerprint density at radius 1 is 1.33 bits per heavy atom. The van der Waals surface area contributed by atoms with E-state index in [1.165, 1.54) is 24.3 Å². The van der Waals surface area contributed by atoms with Crippen molar-refractivity contribution in [2.75, 3.05) is 0 Å². The van der Waals surface area contributed by atoms with Gasteiger partial charge in [-0.25, -0.2) is 4.39 Å². The molecule has 0 radical (unpaired) electrons. The zero-order valence-electron chi connectivity index (χ0n) is 13.8. The van der Waals surface area contributed by atoms with Gasteiger partial charge >= 0.3 is 0 Å². The van der Waals surface area contributed by atoms with Crippen molar-refractivity contribution < 1.29 is 13.7 Å². The molecule has 1 saturated carbocycles. The molecule has 1 aromatic carbocycles. The molecular weight excluding hydrogens is 311 g/mol. The first-order valence-corrected chi connectivity index (χ1v) is 8.08. The highest BCUT2D eigenvalue weighted by atomic mass is 19.1. The Morgan fingerprint density at radius 3 is 2.54 bits per heavy atom. The van der Waals surface area contributed by atoms with Crippen LogP contribution in [0.5, 0.6) is 0 Å². The molecule has 3 rings (SSSR count). The number of halogens is 1. The smallest absolute Gasteiger partial charge is 0.251 e. The molecular formula is C17H21FN4O2. The Balaban J connectivity index is 1.77. The van der Waals surface area contributed by atoms with Crippen LogP contribution in [0.4, 0.5) is 4.39 Å². The first-order valence-electron chi connectivity index (χ1n) is 8.08. The zero-order valence-corrected chi connectivity index (χ0v) is 13.8. The van der Waals surface area contributed by atoms with Gasteiger partial charge in [0.25, 0.3) is 5.91 Å². The number of hydrogen-bond acceptors (Lipinski definition) is 5. The maximum Gasteiger partial charge on any atom is 0.251 e. The van der Waals surface area contributed by atoms with E-state index in [2.05, 4.69) is 15.5 Å². The highest BCUT2D eigenvalue weighted by Crippen LogP contribution is 2.37. The summed E-state index contributed by atoms with van der Waals surface area (Å²) in [6, 6.07) is 4.93. The van der Waals surface area contributed by atoms with Crippen molar-refractivity contribution in [2.24, 2.45) is 11.7 Å². The van der Waals surface area contributed by atoms with E-state index in [1.54, 1.807) is 0 Å². The summed E-state index contributed by atoms with van der Waals surface area (Å²) in [5, 5.41) is 6.86. The standard InChI is InChI=1S/C17H21FN4O2/c1-10(2)13(20-14(23)11-4-6-12(18)7-5-11)15-21-16(22-24-15)17(19)8-3-9-17/h4-7,10,13H,3,8-9,19H2,1-2H3,(H,20,23). The first kappa shape index (κ1) is 16.6. The van der Waals surface area contributed by atoms with Gasteiger partial charge in [0.2, 0.25) is 5.89 Å². The average molecular weight is 332 g/mol. The molecule has 24 heavy (non-hydrogen) atoms. The predicted octanol–water partition coefficient (Wildman–Crippen LogP) is 2.67. The molecule has 0 bridgehead atoms. The van der Waals surface area contributed by atoms with Gasteiger partial charge in [-0.15, -0.1) is 0 Å². The second kappa shape index (κ2) is 6.32. The third-order valence-electron chi connectivity index (χ3n) is 4.46. The van der Waals surface area contributed by atoms with E-state index in [0.717, 1.165) is 19.3 Å². The van der Waals surface area contributed by atoms with E-state index < -0.39 is 11.6 Å². The van der Waals surface area contributed by atoms with E-state index in [9.17, 15) is 9.18 Å². The maximum atomic E-state index is 13.0. The fourth-order valence-corrected chi connectivity index (χ4v) is 2.68. The number of rotatable bonds is 5. The van der Waals surface area contributed by atoms with Crippen molar-refractivity contribution in [1.29, 1.82) is 0 Å². The SMILES string of the molecule is CC(C)C(NC(=O)c1ccc(F)cc1)c1nc(C2(N)CCC2)no1. The fraction of sp³-hybridized carbons (Fsp3) is 0.471. The van der Waals surface area contributed by atoms with Crippen LogP contribution >= 0.6 is 0 Å². The Kier molecular flexibility index (Phi) is 4.36. The molecule has 6 nitrogen and oxygen atoms in total. The molecule has 1 fully saturated rings. The summed E-state index contributed by atoms with van der Waals surface area (Å²) in [4.78, 5) is 16.8. The molecule has 1 aliphatic rings. The van der Waals surface area contributed by atoms with Crippen LogP contribution in [0.1, 0.15) is 61.2 Å². The molecule has 1 aromatic heterocycles. The number of nitrogens with two attached hydrogens (primary N) is 1. The van der Waals surface area contributed by atoms with Crippen LogP contribution in [0, 0.1) is 11.7 Å². The minimum Gasteiger partial charge on any atom is -0.340 e. The Morgan fingerprint density at radius 2 is 2.00 bits per heavy atom. The van der Waals surface area contributed by atoms with E-state index in [0.29, 0.717) is 17.3 Å². The van der Waals surface area contributed by atoms with Crippen molar-refractivity contribution in [1.82, 2.24) is 15.5 Å². The average Bonchev–Trinajstić information content (AvgIpc) is 3.00. The van der Waals surface area contributed by atoms with E-state index >= 15 is 0 Å². The van der Waals surface area contributed by atoms with Crippen molar-refractivity contribution in [3.8, 4) is 0 Å². The van der Waals surface area contributed by atoms with Gasteiger partial charge in [0.1, 0.15) is 11.9 Å². The molecule has 0 aliphatic heterocycles. The lowest BCUT2D eigenvalue weighted by Crippen LogP contribution is -2.44. The minimum atomic E-state index is -0.510. The van der Waals surface area contributed by atoms with Crippen molar-refractivity contribution in [3.63, 3.8) is 0 Å². The number of amides is 1. The second-order valence-corrected chi connectivity index (χ2v) is 6.67. The van der Waals surface area contributed by atoms with Gasteiger partial charge in [0, 0.05) is 5.56 Å². The summed E-state index contributed by atoms with van der Waals surface area (Å²) >= 11 is 0. The highest BCUT2D eigenvalue weighted by Gasteiger charge is 2.39. The fourth-order valence-electron chi connectivity index (χ4n) is 2.68. The molecule has 3 N–H and O–H groups in total. The topological polar surface area (TPSA) is 94.0 Å². The van der Waals surface area contributed by atoms with E-state index in [-0.39, 0.29) is 17.6 Å². The molecule has 7 heteroatoms. The number of benzene rings is 1. The monoisotopic (exact) mass is 332 g/mol. The predicted molar refractivity (Wildman–Crippen MR) is 85.5 cm³/mol. The third-order valence-corrected chi connectivity index (χ3v) is 4.46. The normalized spacial score (nSPS) is 17.4. The van der Waals surface area contributed by atoms with E-state index in [4.69, 9.17) is 10.3 Å². The molecule has 0 spiro atoms. The number of aromatic nitrogens is 2. The van der Waals surface area contributed by atoms with Crippen molar-refractivity contribution >= 4 is 5.91 Å². The molecule has 1 atom stereocenters. The van der Waals surface area contributed by atoms with Crippen LogP contribution in [0.25, 0.3) is 0 Å². The number of nitrogens with zero attached hydrogens (tertiary/aromatic N) is 2. The summed E-state index contributed by atoms with van der Waals surface area (Å²) in [5.41, 5.74) is 6.07. The van der Waals surface area contributed by atoms with Gasteiger partial charge in [-0.2, -0.15) is 4.98 Å². The van der Waals surface area contributed by atoms with Crippen LogP contribution in [0.15, 0.2) is 28.8 Å². The van der Waals surface area contributed by atoms with Crippen LogP contribution in [-0.2, 0) is 5.54 Å². The van der Waals surface area contributed by atoms with Crippen LogP contribution in [0.3, 0.4) is 0 Å². The zero-order chi connectivity index (χ0) is 17.3. The lowest BCUT2D eigenvalue weighted by molar-refractivity contribution is 0.0914. The molecule has 128 valence electrons. The number of carbonyl (C=O) groups is 1. The Hall–Kier alpha value is -2.28. The van der Waals surface area contributed by atoms with Crippen molar-refractivity contribution in [2.45, 2.75) is 44.7 Å². The summed E-state index contributed by atoms with van der Waals surface area (Å²) in [5.74, 6) is 0.164. The number of carbonyl (C=O) groups excluding carboxylic acids is 1. The van der Waals surface area contributed by atoms with Gasteiger partial charge in [-0.3, -0.25) is 4.79 Å². The largest absolute Gasteiger partial charge is 0.340 e. The summed E-state index contributed by atoms with van der Waals surface area (Å²) < 4.78 is 18.3. The third kappa shape index (κ3) is 3.17. The van der Waals surface area contributed by atoms with Gasteiger partial charge in [0.05, 0.1) is 5.54 Å². The summed E-state index contributed by atoms with van der Waals surface area (Å²) in [6.07, 6.45) is 2.72. The first-order chi connectivity index (χ1) is 11.4. The molecule has 1 unspecified atom stereocenters. The van der Waals surface area contributed by atoms with Crippen LogP contribution in [-0.4, -0.2) is 16.0 Å². The van der Waals surface area contributed by atoms with Gasteiger partial charge in [0.15, 0.2) is 5.82 Å². The second-order valence-electron chi connectivity index (χ2n) is 6.67. The molecule has 1 heterocycles. The molecule has 0 saturated heterocycles. The summed E-state index contributed by atoms with van der Waals surface area (Å²) in [7, 11) is 0. The highest BCUT2D eigenvalue weighted by molar-refractivity contribution is 5.94. The van der Waals surface area contributed by atoms with Gasteiger partial charge in [-0.05, 0) is 49.4 Å². The maximum absolute atomic E-state index is 13.0. The van der Waals surface area contributed by atoms with Gasteiger partial charge < -0.3 is 15.6 Å². The lowest BCUT2D eigenvalue weighted by atomic mass is 9.77. The molecule has 2 aromatic rings. The van der Waals surface area contributed by atoms with Crippen molar-refractivity contribution in [3.05, 3.63) is 47.4 Å². The lowest BCUT2D eigenvalue weighted by Gasteiger charge is -2.34. The number of nitrogens with one attached hydrogen (secondary N) is 1. The molecule has 1 amide bonds. The van der Waals surface area contributed by atoms with Crippen LogP contribution in [0.2, 0.25) is 0 Å². The number of hydrogen-bond donors (Lipinski definition) is 2. The quantitative estimate of drug-likeness (QED) is 0.878.